The molecular weight excluding hydrogens is 350 g/mol. The average Bonchev–Trinajstić information content (AvgIpc) is 3.07. The third-order valence-corrected chi connectivity index (χ3v) is 2.98. The molecule has 13 nitrogen and oxygen atoms in total. The number of rotatable bonds is 7. The molecule has 0 saturated heterocycles. The van der Waals surface area contributed by atoms with E-state index in [4.69, 9.17) is 4.74 Å². The van der Waals surface area contributed by atoms with Crippen LogP contribution in [-0.4, -0.2) is 40.2 Å². The van der Waals surface area contributed by atoms with Crippen LogP contribution >= 0.6 is 0 Å². The third kappa shape index (κ3) is 5.12. The molecular formula is C13H13N7O6. The number of azo groups is 1. The Morgan fingerprint density at radius 3 is 2.69 bits per heavy atom. The van der Waals surface area contributed by atoms with Crippen molar-refractivity contribution in [3.05, 3.63) is 44.5 Å². The van der Waals surface area contributed by atoms with Crippen LogP contribution in [-0.2, 0) is 4.79 Å². The van der Waals surface area contributed by atoms with Gasteiger partial charge in [-0.2, -0.15) is 5.10 Å². The number of carbonyl (C=O) groups is 1. The lowest BCUT2D eigenvalue weighted by molar-refractivity contribution is -0.385. The SMILES string of the molecule is C/C(CC1N=NC([N+](=O)[O-])=N1)=N/NC(=O)COc1ccccc1[N+](=O)[O-]. The summed E-state index contributed by atoms with van der Waals surface area (Å²) in [6.45, 7) is 1.09. The molecule has 0 aliphatic carbocycles. The number of carbonyl (C=O) groups excluding carboxylic acids is 1. The average molecular weight is 363 g/mol. The summed E-state index contributed by atoms with van der Waals surface area (Å²) >= 11 is 0. The summed E-state index contributed by atoms with van der Waals surface area (Å²) in [6, 6.07) is 5.64. The number of aliphatic imine (C=N–C) groups is 1. The van der Waals surface area contributed by atoms with E-state index in [0.717, 1.165) is 0 Å². The molecule has 0 aromatic heterocycles. The number of para-hydroxylation sites is 2. The summed E-state index contributed by atoms with van der Waals surface area (Å²) in [4.78, 5) is 35.3. The van der Waals surface area contributed by atoms with Crippen molar-refractivity contribution in [2.24, 2.45) is 20.3 Å². The number of hydrogen-bond acceptors (Lipinski definition) is 10. The molecule has 0 saturated carbocycles. The van der Waals surface area contributed by atoms with E-state index in [2.05, 4.69) is 25.7 Å². The molecule has 1 N–H and O–H groups in total. The summed E-state index contributed by atoms with van der Waals surface area (Å²) in [7, 11) is 0. The Hall–Kier alpha value is -3.77. The van der Waals surface area contributed by atoms with E-state index in [1.165, 1.54) is 18.2 Å². The summed E-state index contributed by atoms with van der Waals surface area (Å²) in [5, 5.41) is 32.0. The van der Waals surface area contributed by atoms with E-state index in [1.54, 1.807) is 13.0 Å². The van der Waals surface area contributed by atoms with Gasteiger partial charge in [-0.15, -0.1) is 0 Å². The van der Waals surface area contributed by atoms with E-state index >= 15 is 0 Å². The molecule has 2 rings (SSSR count). The van der Waals surface area contributed by atoms with Gasteiger partial charge < -0.3 is 14.9 Å². The molecule has 1 atom stereocenters. The minimum absolute atomic E-state index is 0.0404. The number of nitrogens with one attached hydrogen (secondary N) is 1. The number of guanidine groups is 1. The largest absolute Gasteiger partial charge is 0.488 e. The first-order valence-corrected chi connectivity index (χ1v) is 7.18. The normalized spacial score (nSPS) is 16.1. The lowest BCUT2D eigenvalue weighted by Crippen LogP contribution is -2.26. The van der Waals surface area contributed by atoms with Gasteiger partial charge in [0.2, 0.25) is 6.17 Å². The predicted molar refractivity (Wildman–Crippen MR) is 87.5 cm³/mol. The van der Waals surface area contributed by atoms with Gasteiger partial charge in [-0.3, -0.25) is 14.9 Å². The van der Waals surface area contributed by atoms with E-state index in [0.29, 0.717) is 5.71 Å². The van der Waals surface area contributed by atoms with Gasteiger partial charge in [0.1, 0.15) is 0 Å². The summed E-state index contributed by atoms with van der Waals surface area (Å²) < 4.78 is 5.11. The predicted octanol–water partition coefficient (Wildman–Crippen LogP) is 1.28. The molecule has 1 aromatic rings. The molecule has 136 valence electrons. The molecule has 1 unspecified atom stereocenters. The number of nitro groups is 2. The topological polar surface area (TPSA) is 174 Å². The number of benzene rings is 1. The second-order valence-electron chi connectivity index (χ2n) is 4.98. The standard InChI is InChI=1S/C13H13N7O6/c1-8(6-11-14-13(18-16-11)20(24)25)15-17-12(21)7-26-10-5-3-2-4-9(10)19(22)23/h2-5,11H,6-7H2,1H3,(H,17,21)/b15-8-. The molecule has 1 amide bonds. The first-order chi connectivity index (χ1) is 12.4. The van der Waals surface area contributed by atoms with Gasteiger partial charge in [-0.25, -0.2) is 5.43 Å². The van der Waals surface area contributed by atoms with Crippen molar-refractivity contribution in [2.75, 3.05) is 6.61 Å². The fraction of sp³-hybridized carbons (Fsp3) is 0.308. The zero-order valence-electron chi connectivity index (χ0n) is 13.4. The van der Waals surface area contributed by atoms with Gasteiger partial charge in [0.25, 0.3) is 5.91 Å². The van der Waals surface area contributed by atoms with Gasteiger partial charge in [0.15, 0.2) is 12.4 Å². The Labute approximate surface area is 145 Å². The third-order valence-electron chi connectivity index (χ3n) is 2.98. The van der Waals surface area contributed by atoms with E-state index < -0.39 is 34.5 Å². The van der Waals surface area contributed by atoms with E-state index in [-0.39, 0.29) is 17.9 Å². The molecule has 0 fully saturated rings. The molecule has 1 aliphatic heterocycles. The van der Waals surface area contributed by atoms with Crippen molar-refractivity contribution in [3.8, 4) is 5.75 Å². The first-order valence-electron chi connectivity index (χ1n) is 7.18. The van der Waals surface area contributed by atoms with Crippen LogP contribution in [0, 0.1) is 20.2 Å². The highest BCUT2D eigenvalue weighted by atomic mass is 16.6. The van der Waals surface area contributed by atoms with Crippen LogP contribution in [0.3, 0.4) is 0 Å². The molecule has 0 spiro atoms. The maximum absolute atomic E-state index is 11.7. The molecule has 1 aromatic carbocycles. The smallest absolute Gasteiger partial charge is 0.477 e. The highest BCUT2D eigenvalue weighted by molar-refractivity contribution is 5.85. The van der Waals surface area contributed by atoms with Crippen LogP contribution in [0.1, 0.15) is 13.3 Å². The monoisotopic (exact) mass is 363 g/mol. The summed E-state index contributed by atoms with van der Waals surface area (Å²) in [5.41, 5.74) is 2.35. The van der Waals surface area contributed by atoms with Crippen LogP contribution in [0.5, 0.6) is 5.75 Å². The molecule has 26 heavy (non-hydrogen) atoms. The lowest BCUT2D eigenvalue weighted by Gasteiger charge is -2.06. The van der Waals surface area contributed by atoms with Crippen LogP contribution in [0.4, 0.5) is 5.69 Å². The van der Waals surface area contributed by atoms with Crippen LogP contribution in [0.2, 0.25) is 0 Å². The van der Waals surface area contributed by atoms with Gasteiger partial charge >= 0.3 is 11.6 Å². The molecule has 1 aliphatic rings. The Morgan fingerprint density at radius 1 is 1.31 bits per heavy atom. The Balaban J connectivity index is 1.83. The minimum atomic E-state index is -0.765. The number of amides is 1. The van der Waals surface area contributed by atoms with Crippen molar-refractivity contribution in [1.29, 1.82) is 0 Å². The van der Waals surface area contributed by atoms with Crippen LogP contribution < -0.4 is 10.2 Å². The number of hydrazone groups is 1. The Kier molecular flexibility index (Phi) is 5.97. The molecule has 1 heterocycles. The Morgan fingerprint density at radius 2 is 2.04 bits per heavy atom. The number of ether oxygens (including phenoxy) is 1. The fourth-order valence-electron chi connectivity index (χ4n) is 1.85. The molecule has 0 bridgehead atoms. The zero-order chi connectivity index (χ0) is 19.1. The zero-order valence-corrected chi connectivity index (χ0v) is 13.4. The van der Waals surface area contributed by atoms with Gasteiger partial charge in [0, 0.05) is 18.2 Å². The second-order valence-corrected chi connectivity index (χ2v) is 4.98. The van der Waals surface area contributed by atoms with Crippen molar-refractivity contribution in [1.82, 2.24) is 5.43 Å². The quantitative estimate of drug-likeness (QED) is 0.433. The van der Waals surface area contributed by atoms with E-state index in [1.807, 2.05) is 0 Å². The molecule has 13 heteroatoms. The van der Waals surface area contributed by atoms with Crippen molar-refractivity contribution in [2.45, 2.75) is 19.5 Å². The maximum atomic E-state index is 11.7. The van der Waals surface area contributed by atoms with Gasteiger partial charge in [-0.05, 0) is 17.9 Å². The highest BCUT2D eigenvalue weighted by Crippen LogP contribution is 2.25. The molecule has 0 radical (unpaired) electrons. The lowest BCUT2D eigenvalue weighted by atomic mass is 10.2. The summed E-state index contributed by atoms with van der Waals surface area (Å²) in [6.07, 6.45) is -0.633. The highest BCUT2D eigenvalue weighted by Gasteiger charge is 2.26. The van der Waals surface area contributed by atoms with Crippen molar-refractivity contribution < 1.29 is 19.4 Å². The summed E-state index contributed by atoms with van der Waals surface area (Å²) in [5.74, 6) is -1.25. The number of hydrogen-bond donors (Lipinski definition) is 1. The van der Waals surface area contributed by atoms with Crippen LogP contribution in [0.15, 0.2) is 44.6 Å². The second kappa shape index (κ2) is 8.36. The minimum Gasteiger partial charge on any atom is -0.477 e. The number of nitro benzene ring substituents is 1. The van der Waals surface area contributed by atoms with E-state index in [9.17, 15) is 25.0 Å². The van der Waals surface area contributed by atoms with Crippen molar-refractivity contribution in [3.63, 3.8) is 0 Å². The van der Waals surface area contributed by atoms with Gasteiger partial charge in [-0.1, -0.05) is 22.2 Å². The Bertz CT molecular complexity index is 819. The van der Waals surface area contributed by atoms with Crippen molar-refractivity contribution >= 4 is 23.3 Å². The number of nitrogens with zero attached hydrogens (tertiary/aromatic N) is 6. The van der Waals surface area contributed by atoms with Crippen LogP contribution in [0.25, 0.3) is 0 Å². The fourth-order valence-corrected chi connectivity index (χ4v) is 1.85. The maximum Gasteiger partial charge on any atom is 0.488 e. The first kappa shape index (κ1) is 18.6. The van der Waals surface area contributed by atoms with Gasteiger partial charge in [0.05, 0.1) is 10.0 Å².